The zero-order valence-electron chi connectivity index (χ0n) is 12.5. The molecule has 3 rings (SSSR count). The number of amides is 1. The van der Waals surface area contributed by atoms with Crippen molar-refractivity contribution in [3.05, 3.63) is 29.8 Å². The third-order valence-corrected chi connectivity index (χ3v) is 4.69. The highest BCUT2D eigenvalue weighted by Gasteiger charge is 2.46. The number of carbonyl (C=O) groups excluding carboxylic acids is 1. The van der Waals surface area contributed by atoms with Gasteiger partial charge in [0, 0.05) is 5.92 Å². The SMILES string of the molecule is COc1ccc(C2(NC(=O)C(C)C3CNC3)CC2)cc1.Cl. The molecule has 5 heteroatoms. The van der Waals surface area contributed by atoms with Gasteiger partial charge in [0.05, 0.1) is 12.6 Å². The summed E-state index contributed by atoms with van der Waals surface area (Å²) in [4.78, 5) is 12.4. The van der Waals surface area contributed by atoms with Gasteiger partial charge in [0.1, 0.15) is 5.75 Å². The normalized spacial score (nSPS) is 20.7. The highest BCUT2D eigenvalue weighted by molar-refractivity contribution is 5.85. The Hall–Kier alpha value is -1.26. The number of methoxy groups -OCH3 is 1. The van der Waals surface area contributed by atoms with E-state index in [1.807, 2.05) is 19.1 Å². The maximum absolute atomic E-state index is 12.4. The van der Waals surface area contributed by atoms with Crippen LogP contribution < -0.4 is 15.4 Å². The molecule has 1 aliphatic carbocycles. The van der Waals surface area contributed by atoms with Crippen molar-refractivity contribution in [3.63, 3.8) is 0 Å². The Balaban J connectivity index is 0.00000161. The Bertz CT molecular complexity index is 496. The number of hydrogen-bond donors (Lipinski definition) is 2. The van der Waals surface area contributed by atoms with E-state index >= 15 is 0 Å². The third-order valence-electron chi connectivity index (χ3n) is 4.69. The number of carbonyl (C=O) groups is 1. The molecule has 0 spiro atoms. The fourth-order valence-corrected chi connectivity index (χ4v) is 2.75. The first-order valence-electron chi connectivity index (χ1n) is 7.32. The van der Waals surface area contributed by atoms with Gasteiger partial charge in [-0.05, 0) is 49.5 Å². The summed E-state index contributed by atoms with van der Waals surface area (Å²) in [7, 11) is 1.66. The second-order valence-corrected chi connectivity index (χ2v) is 6.01. The van der Waals surface area contributed by atoms with Crippen LogP contribution in [-0.2, 0) is 10.3 Å². The average molecular weight is 311 g/mol. The summed E-state index contributed by atoms with van der Waals surface area (Å²) in [6.45, 7) is 3.96. The first kappa shape index (κ1) is 16.1. The molecule has 1 aromatic rings. The van der Waals surface area contributed by atoms with Crippen LogP contribution in [0.1, 0.15) is 25.3 Å². The summed E-state index contributed by atoms with van der Waals surface area (Å²) >= 11 is 0. The molecule has 0 radical (unpaired) electrons. The van der Waals surface area contributed by atoms with Gasteiger partial charge in [-0.25, -0.2) is 0 Å². The number of benzene rings is 1. The van der Waals surface area contributed by atoms with Crippen LogP contribution in [0.15, 0.2) is 24.3 Å². The second-order valence-electron chi connectivity index (χ2n) is 6.01. The molecule has 2 N–H and O–H groups in total. The van der Waals surface area contributed by atoms with Crippen LogP contribution in [-0.4, -0.2) is 26.1 Å². The first-order valence-corrected chi connectivity index (χ1v) is 7.32. The van der Waals surface area contributed by atoms with E-state index in [0.29, 0.717) is 5.92 Å². The van der Waals surface area contributed by atoms with Crippen LogP contribution >= 0.6 is 12.4 Å². The molecule has 2 fully saturated rings. The summed E-state index contributed by atoms with van der Waals surface area (Å²) in [5, 5.41) is 6.49. The fraction of sp³-hybridized carbons (Fsp3) is 0.562. The molecule has 1 saturated heterocycles. The lowest BCUT2D eigenvalue weighted by molar-refractivity contribution is -0.127. The molecule has 1 amide bonds. The van der Waals surface area contributed by atoms with Gasteiger partial charge in [-0.2, -0.15) is 0 Å². The summed E-state index contributed by atoms with van der Waals surface area (Å²) in [5.41, 5.74) is 1.06. The predicted octanol–water partition coefficient (Wildman–Crippen LogP) is 2.08. The van der Waals surface area contributed by atoms with Gasteiger partial charge in [0.2, 0.25) is 5.91 Å². The van der Waals surface area contributed by atoms with Crippen molar-refractivity contribution in [2.24, 2.45) is 11.8 Å². The largest absolute Gasteiger partial charge is 0.497 e. The quantitative estimate of drug-likeness (QED) is 0.875. The number of halogens is 1. The zero-order valence-corrected chi connectivity index (χ0v) is 13.3. The number of rotatable bonds is 5. The smallest absolute Gasteiger partial charge is 0.223 e. The molecule has 1 aliphatic heterocycles. The lowest BCUT2D eigenvalue weighted by Gasteiger charge is -2.33. The average Bonchev–Trinajstić information content (AvgIpc) is 3.17. The topological polar surface area (TPSA) is 50.4 Å². The third kappa shape index (κ3) is 3.16. The molecule has 1 aromatic carbocycles. The number of ether oxygens (including phenoxy) is 1. The van der Waals surface area contributed by atoms with Gasteiger partial charge >= 0.3 is 0 Å². The first-order chi connectivity index (χ1) is 9.64. The lowest BCUT2D eigenvalue weighted by Crippen LogP contribution is -2.51. The van der Waals surface area contributed by atoms with Crippen LogP contribution in [0.25, 0.3) is 0 Å². The molecule has 1 heterocycles. The van der Waals surface area contributed by atoms with Crippen LogP contribution in [0.5, 0.6) is 5.75 Å². The number of hydrogen-bond acceptors (Lipinski definition) is 3. The van der Waals surface area contributed by atoms with Crippen molar-refractivity contribution in [2.75, 3.05) is 20.2 Å². The van der Waals surface area contributed by atoms with Crippen molar-refractivity contribution < 1.29 is 9.53 Å². The predicted molar refractivity (Wildman–Crippen MR) is 84.8 cm³/mol. The summed E-state index contributed by atoms with van der Waals surface area (Å²) in [5.74, 6) is 1.61. The molecule has 1 unspecified atom stereocenters. The van der Waals surface area contributed by atoms with Crippen molar-refractivity contribution in [3.8, 4) is 5.75 Å². The molecule has 2 aliphatic rings. The fourth-order valence-electron chi connectivity index (χ4n) is 2.75. The Labute approximate surface area is 132 Å². The Morgan fingerprint density at radius 2 is 1.95 bits per heavy atom. The summed E-state index contributed by atoms with van der Waals surface area (Å²) in [6, 6.07) is 8.03. The minimum Gasteiger partial charge on any atom is -0.497 e. The Kier molecular flexibility index (Phi) is 4.79. The molecule has 21 heavy (non-hydrogen) atoms. The molecule has 1 saturated carbocycles. The van der Waals surface area contributed by atoms with E-state index in [0.717, 1.165) is 31.7 Å². The van der Waals surface area contributed by atoms with E-state index in [2.05, 4.69) is 22.8 Å². The van der Waals surface area contributed by atoms with Crippen LogP contribution in [0.3, 0.4) is 0 Å². The maximum Gasteiger partial charge on any atom is 0.223 e. The highest BCUT2D eigenvalue weighted by atomic mass is 35.5. The Morgan fingerprint density at radius 1 is 1.33 bits per heavy atom. The van der Waals surface area contributed by atoms with E-state index in [9.17, 15) is 4.79 Å². The van der Waals surface area contributed by atoms with Crippen LogP contribution in [0.2, 0.25) is 0 Å². The molecule has 0 aromatic heterocycles. The maximum atomic E-state index is 12.4. The van der Waals surface area contributed by atoms with Gasteiger partial charge in [0.25, 0.3) is 0 Å². The van der Waals surface area contributed by atoms with E-state index in [4.69, 9.17) is 4.74 Å². The minimum absolute atomic E-state index is 0. The summed E-state index contributed by atoms with van der Waals surface area (Å²) < 4.78 is 5.18. The van der Waals surface area contributed by atoms with Crippen molar-refractivity contribution >= 4 is 18.3 Å². The van der Waals surface area contributed by atoms with E-state index < -0.39 is 0 Å². The van der Waals surface area contributed by atoms with E-state index in [-0.39, 0.29) is 29.8 Å². The lowest BCUT2D eigenvalue weighted by atomic mass is 9.88. The van der Waals surface area contributed by atoms with Crippen molar-refractivity contribution in [1.29, 1.82) is 0 Å². The minimum atomic E-state index is -0.130. The zero-order chi connectivity index (χ0) is 14.2. The molecule has 0 bridgehead atoms. The second kappa shape index (κ2) is 6.24. The monoisotopic (exact) mass is 310 g/mol. The van der Waals surface area contributed by atoms with Crippen LogP contribution in [0, 0.1) is 11.8 Å². The van der Waals surface area contributed by atoms with Gasteiger partial charge in [-0.3, -0.25) is 4.79 Å². The van der Waals surface area contributed by atoms with Gasteiger partial charge in [-0.1, -0.05) is 19.1 Å². The van der Waals surface area contributed by atoms with Gasteiger partial charge < -0.3 is 15.4 Å². The molecule has 4 nitrogen and oxygen atoms in total. The Morgan fingerprint density at radius 3 is 2.38 bits per heavy atom. The van der Waals surface area contributed by atoms with Crippen molar-refractivity contribution in [1.82, 2.24) is 10.6 Å². The molecule has 1 atom stereocenters. The number of nitrogens with one attached hydrogen (secondary N) is 2. The highest BCUT2D eigenvalue weighted by Crippen LogP contribution is 2.46. The van der Waals surface area contributed by atoms with E-state index in [1.165, 1.54) is 5.56 Å². The summed E-state index contributed by atoms with van der Waals surface area (Å²) in [6.07, 6.45) is 2.06. The van der Waals surface area contributed by atoms with Gasteiger partial charge in [-0.15, -0.1) is 12.4 Å². The van der Waals surface area contributed by atoms with Crippen molar-refractivity contribution in [2.45, 2.75) is 25.3 Å². The van der Waals surface area contributed by atoms with Gasteiger partial charge in [0.15, 0.2) is 0 Å². The molecule has 116 valence electrons. The molecular weight excluding hydrogens is 288 g/mol. The van der Waals surface area contributed by atoms with Crippen LogP contribution in [0.4, 0.5) is 0 Å². The molecular formula is C16H23ClN2O2. The van der Waals surface area contributed by atoms with E-state index in [1.54, 1.807) is 7.11 Å². The standard InChI is InChI=1S/C16H22N2O2.ClH/c1-11(12-9-17-10-12)15(19)18-16(7-8-16)13-3-5-14(20-2)6-4-13;/h3-6,11-12,17H,7-10H2,1-2H3,(H,18,19);1H.